The average molecular weight is 667 g/mol. The van der Waals surface area contributed by atoms with E-state index in [0.717, 1.165) is 56.6 Å². The predicted octanol–water partition coefficient (Wildman–Crippen LogP) is 3.37. The van der Waals surface area contributed by atoms with Crippen molar-refractivity contribution in [1.82, 2.24) is 10.6 Å². The third-order valence-electron chi connectivity index (χ3n) is 14.6. The number of nitrogens with one attached hydrogen (secondary N) is 2. The van der Waals surface area contributed by atoms with Gasteiger partial charge in [-0.3, -0.25) is 9.59 Å². The molecule has 11 heteroatoms. The van der Waals surface area contributed by atoms with E-state index >= 15 is 0 Å². The largest absolute Gasteiger partial charge is 0.469 e. The van der Waals surface area contributed by atoms with Crippen LogP contribution in [0.3, 0.4) is 0 Å². The SMILES string of the molecule is CC1(C)O[C@H]2[C@@H]3CC[C@@H]4C[C@@]5(C)[C@H](c6ccoc6CCCCCC[C@H]6CNCN6)OC(=O)[C@H]6O[C@]65[C@]5(C)[C@H](O)C(=O)[C@H]1[C@@]2(COC3=O)[C@@H]45. The Hall–Kier alpha value is -2.31. The number of carbonyl (C=O) groups excluding carboxylic acids is 3. The maximum absolute atomic E-state index is 14.6. The van der Waals surface area contributed by atoms with Gasteiger partial charge in [0, 0.05) is 47.5 Å². The van der Waals surface area contributed by atoms with Crippen LogP contribution in [-0.2, 0) is 39.8 Å². The average Bonchev–Trinajstić information content (AvgIpc) is 3.29. The minimum absolute atomic E-state index is 0.0134. The van der Waals surface area contributed by atoms with Crippen molar-refractivity contribution in [3.63, 3.8) is 0 Å². The first-order valence-electron chi connectivity index (χ1n) is 18.4. The summed E-state index contributed by atoms with van der Waals surface area (Å²) in [4.78, 5) is 41.8. The maximum atomic E-state index is 14.6. The normalized spacial score (nSPS) is 49.4. The van der Waals surface area contributed by atoms with E-state index < -0.39 is 69.7 Å². The van der Waals surface area contributed by atoms with Crippen LogP contribution < -0.4 is 10.6 Å². The third-order valence-corrected chi connectivity index (χ3v) is 14.6. The zero-order chi connectivity index (χ0) is 33.4. The number of rotatable bonds is 8. The van der Waals surface area contributed by atoms with Crippen molar-refractivity contribution >= 4 is 17.7 Å². The number of ether oxygens (including phenoxy) is 4. The fourth-order valence-electron chi connectivity index (χ4n) is 13.1. The number of cyclic esters (lactones) is 2. The van der Waals surface area contributed by atoms with Crippen LogP contribution in [0.4, 0.5) is 0 Å². The fraction of sp³-hybridized carbons (Fsp3) is 0.811. The molecule has 5 saturated heterocycles. The van der Waals surface area contributed by atoms with Gasteiger partial charge in [0.25, 0.3) is 0 Å². The number of unbranched alkanes of at least 4 members (excludes halogenated alkanes) is 3. The number of ketones is 1. The predicted molar refractivity (Wildman–Crippen MR) is 169 cm³/mol. The molecule has 8 aliphatic rings. The highest BCUT2D eigenvalue weighted by Gasteiger charge is 2.92. The van der Waals surface area contributed by atoms with E-state index in [0.29, 0.717) is 18.9 Å². The summed E-state index contributed by atoms with van der Waals surface area (Å²) in [6, 6.07) is 2.49. The molecule has 1 aromatic rings. The number of esters is 2. The van der Waals surface area contributed by atoms with E-state index in [1.165, 1.54) is 12.8 Å². The Balaban J connectivity index is 1.07. The van der Waals surface area contributed by atoms with E-state index in [4.69, 9.17) is 23.4 Å². The van der Waals surface area contributed by atoms with Crippen LogP contribution in [0.1, 0.15) is 96.5 Å². The van der Waals surface area contributed by atoms with Crippen molar-refractivity contribution in [2.24, 2.45) is 39.9 Å². The number of hydrogen-bond donors (Lipinski definition) is 3. The Labute approximate surface area is 281 Å². The number of aryl methyl sites for hydroxylation is 1. The summed E-state index contributed by atoms with van der Waals surface area (Å²) in [5.41, 5.74) is -3.90. The fourth-order valence-corrected chi connectivity index (χ4v) is 13.1. The zero-order valence-electron chi connectivity index (χ0n) is 28.5. The number of aliphatic hydroxyl groups is 1. The molecule has 3 aliphatic carbocycles. The first-order valence-corrected chi connectivity index (χ1v) is 18.4. The Morgan fingerprint density at radius 3 is 2.58 bits per heavy atom. The molecule has 11 nitrogen and oxygen atoms in total. The second-order valence-electron chi connectivity index (χ2n) is 17.3. The van der Waals surface area contributed by atoms with Crippen molar-refractivity contribution in [3.05, 3.63) is 23.7 Å². The highest BCUT2D eigenvalue weighted by Crippen LogP contribution is 2.82. The van der Waals surface area contributed by atoms with Gasteiger partial charge in [0.15, 0.2) is 11.9 Å². The molecule has 2 bridgehead atoms. The summed E-state index contributed by atoms with van der Waals surface area (Å²) >= 11 is 0. The number of furan rings is 1. The van der Waals surface area contributed by atoms with Gasteiger partial charge >= 0.3 is 11.9 Å². The van der Waals surface area contributed by atoms with Crippen molar-refractivity contribution in [2.45, 2.75) is 127 Å². The Kier molecular flexibility index (Phi) is 6.84. The van der Waals surface area contributed by atoms with Gasteiger partial charge in [0.1, 0.15) is 30.2 Å². The van der Waals surface area contributed by atoms with Crippen molar-refractivity contribution in [3.8, 4) is 0 Å². The molecule has 262 valence electrons. The van der Waals surface area contributed by atoms with Crippen LogP contribution in [-0.4, -0.2) is 78.2 Å². The van der Waals surface area contributed by atoms with Gasteiger partial charge < -0.3 is 39.1 Å². The van der Waals surface area contributed by atoms with Crippen LogP contribution in [0.5, 0.6) is 0 Å². The lowest BCUT2D eigenvalue weighted by Gasteiger charge is -2.68. The van der Waals surface area contributed by atoms with Crippen LogP contribution in [0.15, 0.2) is 16.7 Å². The smallest absolute Gasteiger partial charge is 0.339 e. The van der Waals surface area contributed by atoms with Gasteiger partial charge in [-0.05, 0) is 63.9 Å². The number of hydrogen-bond acceptors (Lipinski definition) is 11. The van der Waals surface area contributed by atoms with Crippen LogP contribution in [0, 0.1) is 39.9 Å². The highest BCUT2D eigenvalue weighted by molar-refractivity contribution is 5.92. The minimum atomic E-state index is -1.38. The topological polar surface area (TPSA) is 149 Å². The second-order valence-corrected chi connectivity index (χ2v) is 17.3. The summed E-state index contributed by atoms with van der Waals surface area (Å²) in [7, 11) is 0. The van der Waals surface area contributed by atoms with Crippen LogP contribution >= 0.6 is 0 Å². The van der Waals surface area contributed by atoms with Gasteiger partial charge in [0.05, 0.1) is 29.8 Å². The number of epoxide rings is 1. The van der Waals surface area contributed by atoms with E-state index in [1.54, 1.807) is 6.26 Å². The van der Waals surface area contributed by atoms with Gasteiger partial charge in [-0.1, -0.05) is 33.1 Å². The molecule has 48 heavy (non-hydrogen) atoms. The molecule has 3 saturated carbocycles. The number of carbonyl (C=O) groups is 3. The van der Waals surface area contributed by atoms with E-state index in [1.807, 2.05) is 26.8 Å². The Morgan fingerprint density at radius 1 is 0.979 bits per heavy atom. The molecule has 2 spiro atoms. The molecular formula is C37H50N2O9. The molecular weight excluding hydrogens is 616 g/mol. The van der Waals surface area contributed by atoms with Crippen molar-refractivity contribution in [1.29, 1.82) is 0 Å². The zero-order valence-corrected chi connectivity index (χ0v) is 28.5. The maximum Gasteiger partial charge on any atom is 0.339 e. The molecule has 0 aromatic carbocycles. The van der Waals surface area contributed by atoms with Gasteiger partial charge in [-0.25, -0.2) is 4.79 Å². The quantitative estimate of drug-likeness (QED) is 0.213. The summed E-state index contributed by atoms with van der Waals surface area (Å²) in [6.07, 6.45) is 6.47. The lowest BCUT2D eigenvalue weighted by Crippen LogP contribution is -2.77. The molecule has 5 aliphatic heterocycles. The summed E-state index contributed by atoms with van der Waals surface area (Å²) < 4.78 is 31.8. The monoisotopic (exact) mass is 666 g/mol. The molecule has 6 heterocycles. The molecule has 1 aromatic heterocycles. The lowest BCUT2D eigenvalue weighted by molar-refractivity contribution is -0.266. The van der Waals surface area contributed by atoms with Crippen LogP contribution in [0.2, 0.25) is 0 Å². The minimum Gasteiger partial charge on any atom is -0.469 e. The number of Topliss-reactive ketones (excluding diaryl/α,β-unsaturated/α-hetero) is 1. The van der Waals surface area contributed by atoms with Crippen LogP contribution in [0.25, 0.3) is 0 Å². The Morgan fingerprint density at radius 2 is 1.79 bits per heavy atom. The molecule has 0 amide bonds. The molecule has 9 rings (SSSR count). The molecule has 0 unspecified atom stereocenters. The molecule has 0 radical (unpaired) electrons. The van der Waals surface area contributed by atoms with Gasteiger partial charge in [-0.2, -0.15) is 0 Å². The van der Waals surface area contributed by atoms with E-state index in [9.17, 15) is 19.5 Å². The highest BCUT2D eigenvalue weighted by atomic mass is 16.7. The molecule has 3 N–H and O–H groups in total. The van der Waals surface area contributed by atoms with Gasteiger partial charge in [-0.15, -0.1) is 0 Å². The summed E-state index contributed by atoms with van der Waals surface area (Å²) in [5.74, 6) is -1.59. The Bertz CT molecular complexity index is 1540. The van der Waals surface area contributed by atoms with Gasteiger partial charge in [0.2, 0.25) is 0 Å². The first kappa shape index (κ1) is 31.7. The van der Waals surface area contributed by atoms with E-state index in [-0.39, 0.29) is 30.2 Å². The third kappa shape index (κ3) is 3.75. The molecule has 13 atom stereocenters. The second kappa shape index (κ2) is 10.4. The van der Waals surface area contributed by atoms with Crippen molar-refractivity contribution < 1.29 is 42.9 Å². The first-order chi connectivity index (χ1) is 22.9. The van der Waals surface area contributed by atoms with E-state index in [2.05, 4.69) is 17.6 Å². The molecule has 8 fully saturated rings. The summed E-state index contributed by atoms with van der Waals surface area (Å²) in [5, 5.41) is 19.2. The lowest BCUT2D eigenvalue weighted by atomic mass is 9.34. The standard InChI is InChI=1S/C37H50N2O9/c1-33(2)26-24(40)27(41)35(4)25-19(11-12-22-29(47-33)36(25,26)17-45-31(22)42)15-34(3)28(46-32(43)30-37(34,35)48-30)21-13-14-44-23(21)10-8-6-5-7-9-20-16-38-18-39-20/h13-14,19-20,22,25-30,38-39,41H,5-12,15-18H2,1-4H3/t19-,20+,22+,25+,26-,27-,28+,29+,30-,34+,35+,36-,37-/m1/s1. The number of aliphatic hydroxyl groups excluding tert-OH is 1. The van der Waals surface area contributed by atoms with Crippen molar-refractivity contribution in [2.75, 3.05) is 19.8 Å². The summed E-state index contributed by atoms with van der Waals surface area (Å²) in [6.45, 7) is 9.91.